The van der Waals surface area contributed by atoms with Crippen LogP contribution in [0.1, 0.15) is 32.1 Å². The lowest BCUT2D eigenvalue weighted by Crippen LogP contribution is -2.54. The zero-order valence-electron chi connectivity index (χ0n) is 13.9. The Hall–Kier alpha value is -1.69. The molecule has 1 amide bonds. The van der Waals surface area contributed by atoms with Gasteiger partial charge in [-0.3, -0.25) is 4.79 Å². The predicted molar refractivity (Wildman–Crippen MR) is 88.2 cm³/mol. The molecule has 5 nitrogen and oxygen atoms in total. The van der Waals surface area contributed by atoms with E-state index in [1.54, 1.807) is 12.3 Å². The van der Waals surface area contributed by atoms with Gasteiger partial charge < -0.3 is 14.5 Å². The fourth-order valence-electron chi connectivity index (χ4n) is 4.49. The average Bonchev–Trinajstić information content (AvgIpc) is 3.04. The van der Waals surface area contributed by atoms with Gasteiger partial charge in [0.2, 0.25) is 5.91 Å². The van der Waals surface area contributed by atoms with Crippen molar-refractivity contribution in [2.24, 2.45) is 5.41 Å². The number of pyridine rings is 1. The molecular weight excluding hydrogens is 309 g/mol. The molecule has 0 saturated carbocycles. The van der Waals surface area contributed by atoms with Crippen molar-refractivity contribution >= 4 is 11.7 Å². The second-order valence-electron chi connectivity index (χ2n) is 7.21. The van der Waals surface area contributed by atoms with Crippen LogP contribution in [0, 0.1) is 11.2 Å². The molecular formula is C18H24FN3O2. The third kappa shape index (κ3) is 2.66. The summed E-state index contributed by atoms with van der Waals surface area (Å²) in [5, 5.41) is 0. The van der Waals surface area contributed by atoms with E-state index in [4.69, 9.17) is 4.74 Å². The fourth-order valence-corrected chi connectivity index (χ4v) is 4.49. The molecule has 0 aliphatic carbocycles. The average molecular weight is 333 g/mol. The number of aromatic nitrogens is 1. The largest absolute Gasteiger partial charge is 0.381 e. The van der Waals surface area contributed by atoms with Crippen molar-refractivity contribution < 1.29 is 13.9 Å². The quantitative estimate of drug-likeness (QED) is 0.832. The first kappa shape index (κ1) is 15.8. The van der Waals surface area contributed by atoms with E-state index in [2.05, 4.69) is 9.88 Å². The summed E-state index contributed by atoms with van der Waals surface area (Å²) in [4.78, 5) is 21.5. The number of carbonyl (C=O) groups excluding carboxylic acids is 1. The van der Waals surface area contributed by atoms with Crippen molar-refractivity contribution in [3.8, 4) is 0 Å². The predicted octanol–water partition coefficient (Wildman–Crippen LogP) is 2.22. The fraction of sp³-hybridized carbons (Fsp3) is 0.667. The Balaban J connectivity index is 1.52. The Kier molecular flexibility index (Phi) is 4.16. The van der Waals surface area contributed by atoms with Gasteiger partial charge in [0.15, 0.2) is 11.6 Å². The first-order chi connectivity index (χ1) is 11.7. The molecule has 0 N–H and O–H groups in total. The molecule has 3 aliphatic rings. The number of piperidine rings is 1. The minimum atomic E-state index is -0.361. The van der Waals surface area contributed by atoms with Crippen LogP contribution >= 0.6 is 0 Å². The molecule has 1 aromatic rings. The monoisotopic (exact) mass is 333 g/mol. The summed E-state index contributed by atoms with van der Waals surface area (Å²) in [7, 11) is 0. The number of likely N-dealkylation sites (tertiary alicyclic amines) is 1. The Morgan fingerprint density at radius 3 is 2.88 bits per heavy atom. The van der Waals surface area contributed by atoms with E-state index in [0.29, 0.717) is 24.9 Å². The van der Waals surface area contributed by atoms with Crippen molar-refractivity contribution in [3.05, 3.63) is 24.1 Å². The molecule has 1 spiro atoms. The Labute approximate surface area is 141 Å². The standard InChI is InChI=1S/C18H24FN3O2/c19-15-3-1-8-20-16(15)21-10-7-18(13-21)6-2-9-22(17(18)23)14-4-11-24-12-5-14/h1,3,8,14H,2,4-7,9-13H2/t18-/m1/s1. The molecule has 0 radical (unpaired) electrons. The van der Waals surface area contributed by atoms with Crippen LogP contribution in [0.25, 0.3) is 0 Å². The highest BCUT2D eigenvalue weighted by Gasteiger charge is 2.50. The van der Waals surface area contributed by atoms with Crippen molar-refractivity contribution in [3.63, 3.8) is 0 Å². The van der Waals surface area contributed by atoms with Gasteiger partial charge in [0.05, 0.1) is 5.41 Å². The van der Waals surface area contributed by atoms with Crippen LogP contribution in [0.5, 0.6) is 0 Å². The van der Waals surface area contributed by atoms with Gasteiger partial charge in [-0.1, -0.05) is 0 Å². The van der Waals surface area contributed by atoms with Crippen molar-refractivity contribution in [1.82, 2.24) is 9.88 Å². The molecule has 3 fully saturated rings. The maximum atomic E-state index is 14.0. The molecule has 1 atom stereocenters. The molecule has 130 valence electrons. The maximum absolute atomic E-state index is 14.0. The Bertz CT molecular complexity index is 620. The minimum Gasteiger partial charge on any atom is -0.381 e. The van der Waals surface area contributed by atoms with Crippen LogP contribution < -0.4 is 4.90 Å². The van der Waals surface area contributed by atoms with Crippen LogP contribution in [0.4, 0.5) is 10.2 Å². The number of halogens is 1. The summed E-state index contributed by atoms with van der Waals surface area (Å²) in [5.74, 6) is 0.337. The topological polar surface area (TPSA) is 45.7 Å². The summed E-state index contributed by atoms with van der Waals surface area (Å²) in [6.45, 7) is 3.61. The van der Waals surface area contributed by atoms with Crippen LogP contribution in [0.2, 0.25) is 0 Å². The molecule has 24 heavy (non-hydrogen) atoms. The molecule has 0 aromatic carbocycles. The lowest BCUT2D eigenvalue weighted by Gasteiger charge is -2.44. The van der Waals surface area contributed by atoms with Crippen LogP contribution in [-0.4, -0.2) is 54.7 Å². The van der Waals surface area contributed by atoms with Crippen LogP contribution in [0.3, 0.4) is 0 Å². The summed E-state index contributed by atoms with van der Waals surface area (Å²) >= 11 is 0. The molecule has 6 heteroatoms. The van der Waals surface area contributed by atoms with E-state index in [-0.39, 0.29) is 17.1 Å². The minimum absolute atomic E-state index is 0.263. The summed E-state index contributed by atoms with van der Waals surface area (Å²) in [6, 6.07) is 3.34. The van der Waals surface area contributed by atoms with E-state index in [0.717, 1.165) is 51.9 Å². The van der Waals surface area contributed by atoms with Crippen molar-refractivity contribution in [2.45, 2.75) is 38.1 Å². The van der Waals surface area contributed by atoms with Crippen LogP contribution in [-0.2, 0) is 9.53 Å². The molecule has 0 unspecified atom stereocenters. The number of rotatable bonds is 2. The SMILES string of the molecule is O=C1N(C2CCOCC2)CCC[C@]12CCN(c1ncccc1F)C2. The highest BCUT2D eigenvalue weighted by atomic mass is 19.1. The smallest absolute Gasteiger partial charge is 0.230 e. The van der Waals surface area contributed by atoms with Crippen molar-refractivity contribution in [1.29, 1.82) is 0 Å². The highest BCUT2D eigenvalue weighted by molar-refractivity contribution is 5.85. The molecule has 1 aromatic heterocycles. The van der Waals surface area contributed by atoms with Gasteiger partial charge in [0.25, 0.3) is 0 Å². The number of carbonyl (C=O) groups is 1. The zero-order valence-corrected chi connectivity index (χ0v) is 13.9. The maximum Gasteiger partial charge on any atom is 0.230 e. The van der Waals surface area contributed by atoms with Gasteiger partial charge in [-0.15, -0.1) is 0 Å². The first-order valence-corrected chi connectivity index (χ1v) is 8.94. The van der Waals surface area contributed by atoms with E-state index in [1.165, 1.54) is 6.07 Å². The third-order valence-corrected chi connectivity index (χ3v) is 5.79. The van der Waals surface area contributed by atoms with E-state index in [9.17, 15) is 9.18 Å². The third-order valence-electron chi connectivity index (χ3n) is 5.79. The Morgan fingerprint density at radius 2 is 2.08 bits per heavy atom. The Morgan fingerprint density at radius 1 is 1.25 bits per heavy atom. The lowest BCUT2D eigenvalue weighted by molar-refractivity contribution is -0.149. The van der Waals surface area contributed by atoms with Crippen LogP contribution in [0.15, 0.2) is 18.3 Å². The van der Waals surface area contributed by atoms with Gasteiger partial charge in [-0.2, -0.15) is 0 Å². The second-order valence-corrected chi connectivity index (χ2v) is 7.21. The lowest BCUT2D eigenvalue weighted by atomic mass is 9.77. The van der Waals surface area contributed by atoms with Crippen molar-refractivity contribution in [2.75, 3.05) is 37.7 Å². The van der Waals surface area contributed by atoms with E-state index in [1.807, 2.05) is 4.90 Å². The number of ether oxygens (including phenoxy) is 1. The van der Waals surface area contributed by atoms with Gasteiger partial charge in [0, 0.05) is 45.1 Å². The zero-order chi connectivity index (χ0) is 16.6. The molecule has 4 heterocycles. The number of amides is 1. The first-order valence-electron chi connectivity index (χ1n) is 8.94. The second kappa shape index (κ2) is 6.31. The van der Waals surface area contributed by atoms with E-state index >= 15 is 0 Å². The van der Waals surface area contributed by atoms with Gasteiger partial charge in [-0.05, 0) is 44.2 Å². The molecule has 4 rings (SSSR count). The molecule has 0 bridgehead atoms. The summed E-state index contributed by atoms with van der Waals surface area (Å²) in [6.07, 6.45) is 6.20. The summed E-state index contributed by atoms with van der Waals surface area (Å²) in [5.41, 5.74) is -0.361. The number of hydrogen-bond donors (Lipinski definition) is 0. The van der Waals surface area contributed by atoms with Gasteiger partial charge in [-0.25, -0.2) is 9.37 Å². The number of nitrogens with zero attached hydrogens (tertiary/aromatic N) is 3. The number of anilines is 1. The normalized spacial score (nSPS) is 28.8. The van der Waals surface area contributed by atoms with Gasteiger partial charge >= 0.3 is 0 Å². The molecule has 3 aliphatic heterocycles. The van der Waals surface area contributed by atoms with Gasteiger partial charge in [0.1, 0.15) is 0 Å². The highest BCUT2D eigenvalue weighted by Crippen LogP contribution is 2.42. The summed E-state index contributed by atoms with van der Waals surface area (Å²) < 4.78 is 19.5. The van der Waals surface area contributed by atoms with E-state index < -0.39 is 0 Å². The number of hydrogen-bond acceptors (Lipinski definition) is 4. The molecule has 3 saturated heterocycles.